The summed E-state index contributed by atoms with van der Waals surface area (Å²) in [6, 6.07) is 10.1. The van der Waals surface area contributed by atoms with Crippen LogP contribution >= 0.6 is 11.3 Å². The van der Waals surface area contributed by atoms with Gasteiger partial charge >= 0.3 is 5.97 Å². The van der Waals surface area contributed by atoms with Gasteiger partial charge in [0, 0.05) is 17.3 Å². The molecule has 0 radical (unpaired) electrons. The number of anilines is 1. The fourth-order valence-corrected chi connectivity index (χ4v) is 2.88. The highest BCUT2D eigenvalue weighted by atomic mass is 32.1. The molecule has 7 heteroatoms. The van der Waals surface area contributed by atoms with Gasteiger partial charge in [0.05, 0.1) is 12.0 Å². The number of amides is 2. The van der Waals surface area contributed by atoms with Crippen LogP contribution in [-0.4, -0.2) is 30.9 Å². The molecule has 0 bridgehead atoms. The average Bonchev–Trinajstić information content (AvgIpc) is 3.26. The van der Waals surface area contributed by atoms with Gasteiger partial charge in [0.15, 0.2) is 0 Å². The van der Waals surface area contributed by atoms with Crippen molar-refractivity contribution in [3.63, 3.8) is 0 Å². The van der Waals surface area contributed by atoms with E-state index in [4.69, 9.17) is 0 Å². The van der Waals surface area contributed by atoms with Gasteiger partial charge in [-0.25, -0.2) is 4.79 Å². The quantitative estimate of drug-likeness (QED) is 0.817. The number of carbonyl (C=O) groups is 3. The molecule has 0 unspecified atom stereocenters. The molecule has 1 aliphatic rings. The number of benzene rings is 1. The Morgan fingerprint density at radius 3 is 2.29 bits per heavy atom. The van der Waals surface area contributed by atoms with Gasteiger partial charge in [-0.3, -0.25) is 9.59 Å². The number of hydrogen-bond donors (Lipinski definition) is 2. The second-order valence-electron chi connectivity index (χ2n) is 5.43. The Bertz CT molecular complexity index is 778. The molecule has 1 aliphatic carbocycles. The van der Waals surface area contributed by atoms with Gasteiger partial charge in [-0.2, -0.15) is 0 Å². The third kappa shape index (κ3) is 3.80. The summed E-state index contributed by atoms with van der Waals surface area (Å²) in [5.41, 5.74) is 1.14. The molecule has 1 saturated carbocycles. The minimum Gasteiger partial charge on any atom is -0.465 e. The third-order valence-electron chi connectivity index (χ3n) is 3.53. The van der Waals surface area contributed by atoms with E-state index in [-0.39, 0.29) is 11.8 Å². The van der Waals surface area contributed by atoms with Crippen molar-refractivity contribution < 1.29 is 19.1 Å². The molecular formula is C17H16N2O4S. The molecule has 1 aromatic heterocycles. The Labute approximate surface area is 142 Å². The summed E-state index contributed by atoms with van der Waals surface area (Å²) in [5, 5.41) is 5.64. The molecule has 0 atom stereocenters. The topological polar surface area (TPSA) is 84.5 Å². The van der Waals surface area contributed by atoms with Crippen molar-refractivity contribution in [2.45, 2.75) is 18.9 Å². The number of thiophene rings is 1. The van der Waals surface area contributed by atoms with Gasteiger partial charge in [0.1, 0.15) is 4.88 Å². The molecule has 124 valence electrons. The van der Waals surface area contributed by atoms with E-state index in [0.717, 1.165) is 24.2 Å². The highest BCUT2D eigenvalue weighted by Crippen LogP contribution is 2.21. The van der Waals surface area contributed by atoms with Crippen LogP contribution in [0, 0.1) is 0 Å². The number of nitrogens with one attached hydrogen (secondary N) is 2. The molecule has 2 aromatic rings. The molecule has 2 amide bonds. The molecular weight excluding hydrogens is 328 g/mol. The largest absolute Gasteiger partial charge is 0.465 e. The number of rotatable bonds is 5. The predicted molar refractivity (Wildman–Crippen MR) is 90.5 cm³/mol. The van der Waals surface area contributed by atoms with Gasteiger partial charge < -0.3 is 15.4 Å². The summed E-state index contributed by atoms with van der Waals surface area (Å²) < 4.78 is 4.62. The highest BCUT2D eigenvalue weighted by Gasteiger charge is 2.23. The zero-order valence-electron chi connectivity index (χ0n) is 13.0. The van der Waals surface area contributed by atoms with Gasteiger partial charge in [0.25, 0.3) is 11.8 Å². The van der Waals surface area contributed by atoms with E-state index in [1.807, 2.05) is 0 Å². The van der Waals surface area contributed by atoms with Crippen LogP contribution in [0.25, 0.3) is 0 Å². The second kappa shape index (κ2) is 6.84. The third-order valence-corrected chi connectivity index (χ3v) is 4.60. The van der Waals surface area contributed by atoms with Crippen LogP contribution in [0.1, 0.15) is 42.5 Å². The van der Waals surface area contributed by atoms with Crippen LogP contribution in [0.5, 0.6) is 0 Å². The van der Waals surface area contributed by atoms with Crippen molar-refractivity contribution in [3.05, 3.63) is 51.7 Å². The second-order valence-corrected chi connectivity index (χ2v) is 6.52. The maximum Gasteiger partial charge on any atom is 0.348 e. The van der Waals surface area contributed by atoms with Crippen molar-refractivity contribution in [1.29, 1.82) is 0 Å². The van der Waals surface area contributed by atoms with E-state index in [9.17, 15) is 14.4 Å². The van der Waals surface area contributed by atoms with Gasteiger partial charge in [-0.1, -0.05) is 0 Å². The fraction of sp³-hybridized carbons (Fsp3) is 0.235. The van der Waals surface area contributed by atoms with Crippen LogP contribution in [0.2, 0.25) is 0 Å². The summed E-state index contributed by atoms with van der Waals surface area (Å²) >= 11 is 1.06. The lowest BCUT2D eigenvalue weighted by molar-refractivity contribution is 0.0606. The lowest BCUT2D eigenvalue weighted by Gasteiger charge is -2.06. The Kier molecular flexibility index (Phi) is 4.61. The fourth-order valence-electron chi connectivity index (χ4n) is 2.06. The zero-order chi connectivity index (χ0) is 17.1. The van der Waals surface area contributed by atoms with Crippen LogP contribution in [0.15, 0.2) is 36.4 Å². The smallest absolute Gasteiger partial charge is 0.348 e. The van der Waals surface area contributed by atoms with Crippen LogP contribution < -0.4 is 10.6 Å². The van der Waals surface area contributed by atoms with E-state index in [0.29, 0.717) is 27.0 Å². The predicted octanol–water partition coefficient (Wildman–Crippen LogP) is 2.68. The average molecular weight is 344 g/mol. The number of ether oxygens (including phenoxy) is 1. The molecule has 0 spiro atoms. The molecule has 1 aromatic carbocycles. The van der Waals surface area contributed by atoms with E-state index >= 15 is 0 Å². The first-order chi connectivity index (χ1) is 11.6. The van der Waals surface area contributed by atoms with E-state index in [1.54, 1.807) is 36.4 Å². The van der Waals surface area contributed by atoms with Crippen LogP contribution in [0.4, 0.5) is 5.69 Å². The normalized spacial score (nSPS) is 13.2. The summed E-state index contributed by atoms with van der Waals surface area (Å²) in [5.74, 6) is -0.883. The maximum atomic E-state index is 12.2. The Hall–Kier alpha value is -2.67. The number of methoxy groups -OCH3 is 1. The Balaban J connectivity index is 1.62. The first-order valence-electron chi connectivity index (χ1n) is 7.47. The molecule has 3 rings (SSSR count). The van der Waals surface area contributed by atoms with Crippen molar-refractivity contribution in [2.75, 3.05) is 12.4 Å². The van der Waals surface area contributed by atoms with Crippen molar-refractivity contribution >= 4 is 34.8 Å². The monoisotopic (exact) mass is 344 g/mol. The first kappa shape index (κ1) is 16.2. The SMILES string of the molecule is COC(=O)c1ccc(C(=O)Nc2ccc(C(=O)NC3CC3)cc2)s1. The number of esters is 1. The Morgan fingerprint density at radius 2 is 1.67 bits per heavy atom. The molecule has 6 nitrogen and oxygen atoms in total. The van der Waals surface area contributed by atoms with Gasteiger partial charge in [-0.15, -0.1) is 11.3 Å². The zero-order valence-corrected chi connectivity index (χ0v) is 13.8. The summed E-state index contributed by atoms with van der Waals surface area (Å²) in [4.78, 5) is 36.3. The standard InChI is InChI=1S/C17H16N2O4S/c1-23-17(22)14-9-8-13(24-14)16(21)19-11-4-2-10(3-5-11)15(20)18-12-6-7-12/h2-5,8-9,12H,6-7H2,1H3,(H,18,20)(H,19,21). The van der Waals surface area contributed by atoms with Gasteiger partial charge in [0.2, 0.25) is 0 Å². The lowest BCUT2D eigenvalue weighted by atomic mass is 10.2. The summed E-state index contributed by atoms with van der Waals surface area (Å²) in [6.45, 7) is 0. The number of hydrogen-bond acceptors (Lipinski definition) is 5. The van der Waals surface area contributed by atoms with E-state index < -0.39 is 5.97 Å². The molecule has 24 heavy (non-hydrogen) atoms. The molecule has 1 fully saturated rings. The maximum absolute atomic E-state index is 12.2. The molecule has 0 saturated heterocycles. The minimum atomic E-state index is -0.468. The van der Waals surface area contributed by atoms with Gasteiger partial charge in [-0.05, 0) is 49.2 Å². The lowest BCUT2D eigenvalue weighted by Crippen LogP contribution is -2.25. The molecule has 2 N–H and O–H groups in total. The van der Waals surface area contributed by atoms with E-state index in [1.165, 1.54) is 7.11 Å². The van der Waals surface area contributed by atoms with Crippen LogP contribution in [-0.2, 0) is 4.74 Å². The van der Waals surface area contributed by atoms with E-state index in [2.05, 4.69) is 15.4 Å². The Morgan fingerprint density at radius 1 is 1.00 bits per heavy atom. The van der Waals surface area contributed by atoms with Crippen LogP contribution in [0.3, 0.4) is 0 Å². The minimum absolute atomic E-state index is 0.101. The van der Waals surface area contributed by atoms with Crippen molar-refractivity contribution in [1.82, 2.24) is 5.32 Å². The summed E-state index contributed by atoms with van der Waals surface area (Å²) in [6.07, 6.45) is 2.07. The molecule has 1 heterocycles. The van der Waals surface area contributed by atoms with Crippen molar-refractivity contribution in [2.24, 2.45) is 0 Å². The first-order valence-corrected chi connectivity index (χ1v) is 8.29. The summed E-state index contributed by atoms with van der Waals surface area (Å²) in [7, 11) is 1.29. The van der Waals surface area contributed by atoms with Crippen molar-refractivity contribution in [3.8, 4) is 0 Å². The molecule has 0 aliphatic heterocycles. The highest BCUT2D eigenvalue weighted by molar-refractivity contribution is 7.16. The number of carbonyl (C=O) groups excluding carboxylic acids is 3.